The maximum absolute atomic E-state index is 3.75. The van der Waals surface area contributed by atoms with E-state index in [1.54, 1.807) is 0 Å². The Bertz CT molecular complexity index is 409. The average molecular weight is 339 g/mol. The van der Waals surface area contributed by atoms with E-state index in [9.17, 15) is 0 Å². The molecule has 2 rings (SSSR count). The van der Waals surface area contributed by atoms with Gasteiger partial charge in [-0.25, -0.2) is 0 Å². The Morgan fingerprint density at radius 1 is 1.15 bits per heavy atom. The van der Waals surface area contributed by atoms with Crippen molar-refractivity contribution in [3.05, 3.63) is 33.8 Å². The molecular weight excluding hydrogens is 312 g/mol. The van der Waals surface area contributed by atoms with Crippen molar-refractivity contribution in [1.82, 2.24) is 10.2 Å². The van der Waals surface area contributed by atoms with Gasteiger partial charge in [0.25, 0.3) is 0 Å². The first-order chi connectivity index (χ1) is 9.65. The van der Waals surface area contributed by atoms with Gasteiger partial charge in [0.15, 0.2) is 0 Å². The minimum Gasteiger partial charge on any atom is -0.310 e. The number of nitrogens with one attached hydrogen (secondary N) is 1. The van der Waals surface area contributed by atoms with Gasteiger partial charge in [-0.15, -0.1) is 0 Å². The van der Waals surface area contributed by atoms with Crippen LogP contribution in [0.5, 0.6) is 0 Å². The normalized spacial score (nSPS) is 17.4. The highest BCUT2D eigenvalue weighted by atomic mass is 79.9. The Morgan fingerprint density at radius 3 is 2.45 bits per heavy atom. The average Bonchev–Trinajstić information content (AvgIpc) is 2.68. The van der Waals surface area contributed by atoms with E-state index in [1.165, 1.54) is 54.4 Å². The predicted molar refractivity (Wildman–Crippen MR) is 89.9 cm³/mol. The van der Waals surface area contributed by atoms with Crippen LogP contribution >= 0.6 is 15.9 Å². The molecule has 1 saturated heterocycles. The Labute approximate surface area is 132 Å². The first kappa shape index (κ1) is 16.0. The van der Waals surface area contributed by atoms with Crippen LogP contribution in [0.1, 0.15) is 50.7 Å². The molecular formula is C17H27BrN2. The van der Waals surface area contributed by atoms with Gasteiger partial charge < -0.3 is 5.32 Å². The van der Waals surface area contributed by atoms with Crippen molar-refractivity contribution < 1.29 is 0 Å². The number of nitrogens with zero attached hydrogens (tertiary/aromatic N) is 1. The maximum Gasteiger partial charge on any atom is 0.0244 e. The predicted octanol–water partition coefficient (Wildman–Crippen LogP) is 4.32. The molecule has 0 aliphatic carbocycles. The zero-order chi connectivity index (χ0) is 14.4. The van der Waals surface area contributed by atoms with Crippen LogP contribution < -0.4 is 5.32 Å². The summed E-state index contributed by atoms with van der Waals surface area (Å²) in [5.74, 6) is 0. The minimum absolute atomic E-state index is 0.533. The van der Waals surface area contributed by atoms with Crippen LogP contribution in [0.15, 0.2) is 22.7 Å². The molecule has 1 heterocycles. The monoisotopic (exact) mass is 338 g/mol. The molecule has 1 aliphatic rings. The lowest BCUT2D eigenvalue weighted by atomic mass is 10.1. The van der Waals surface area contributed by atoms with Crippen molar-refractivity contribution in [2.75, 3.05) is 13.1 Å². The van der Waals surface area contributed by atoms with Crippen molar-refractivity contribution in [1.29, 1.82) is 0 Å². The third-order valence-electron chi connectivity index (χ3n) is 3.92. The van der Waals surface area contributed by atoms with E-state index in [0.29, 0.717) is 6.04 Å². The molecule has 0 atom stereocenters. The van der Waals surface area contributed by atoms with Crippen LogP contribution in [0.25, 0.3) is 0 Å². The van der Waals surface area contributed by atoms with E-state index in [4.69, 9.17) is 0 Å². The quantitative estimate of drug-likeness (QED) is 0.859. The summed E-state index contributed by atoms with van der Waals surface area (Å²) in [6.07, 6.45) is 5.51. The molecule has 1 aliphatic heterocycles. The van der Waals surface area contributed by atoms with E-state index in [2.05, 4.69) is 58.2 Å². The second-order valence-corrected chi connectivity index (χ2v) is 7.01. The van der Waals surface area contributed by atoms with Gasteiger partial charge in [-0.1, -0.05) is 54.8 Å². The highest BCUT2D eigenvalue weighted by molar-refractivity contribution is 9.10. The Morgan fingerprint density at radius 2 is 1.85 bits per heavy atom. The Kier molecular flexibility index (Phi) is 6.53. The Hall–Kier alpha value is -0.380. The second-order valence-electron chi connectivity index (χ2n) is 6.15. The number of hydrogen-bond donors (Lipinski definition) is 1. The number of halogens is 1. The van der Waals surface area contributed by atoms with Crippen LogP contribution in [0.4, 0.5) is 0 Å². The van der Waals surface area contributed by atoms with Gasteiger partial charge in [0.05, 0.1) is 0 Å². The number of likely N-dealkylation sites (tertiary alicyclic amines) is 1. The summed E-state index contributed by atoms with van der Waals surface area (Å²) in [5.41, 5.74) is 2.77. The smallest absolute Gasteiger partial charge is 0.0244 e. The zero-order valence-corrected chi connectivity index (χ0v) is 14.4. The molecule has 0 aromatic heterocycles. The summed E-state index contributed by atoms with van der Waals surface area (Å²) in [4.78, 5) is 2.60. The third-order valence-corrected chi connectivity index (χ3v) is 4.66. The number of hydrogen-bond acceptors (Lipinski definition) is 2. The Balaban J connectivity index is 1.94. The van der Waals surface area contributed by atoms with Gasteiger partial charge in [0, 0.05) is 23.6 Å². The summed E-state index contributed by atoms with van der Waals surface area (Å²) in [6.45, 7) is 8.90. The topological polar surface area (TPSA) is 15.3 Å². The molecule has 0 amide bonds. The SMILES string of the molecule is CC(C)NCc1ccc(CN2CCCCCC2)c(Br)c1. The minimum atomic E-state index is 0.533. The van der Waals surface area contributed by atoms with Gasteiger partial charge in [-0.05, 0) is 43.1 Å². The van der Waals surface area contributed by atoms with E-state index in [0.717, 1.165) is 13.1 Å². The van der Waals surface area contributed by atoms with Crippen molar-refractivity contribution in [2.45, 2.75) is 58.7 Å². The lowest BCUT2D eigenvalue weighted by Gasteiger charge is -2.21. The fraction of sp³-hybridized carbons (Fsp3) is 0.647. The van der Waals surface area contributed by atoms with Gasteiger partial charge in [-0.2, -0.15) is 0 Å². The molecule has 0 bridgehead atoms. The molecule has 0 saturated carbocycles. The molecule has 3 heteroatoms. The first-order valence-electron chi connectivity index (χ1n) is 7.88. The standard InChI is InChI=1S/C17H27BrN2/c1-14(2)19-12-15-7-8-16(17(18)11-15)13-20-9-5-3-4-6-10-20/h7-8,11,14,19H,3-6,9-10,12-13H2,1-2H3. The van der Waals surface area contributed by atoms with Crippen LogP contribution in [0.3, 0.4) is 0 Å². The summed E-state index contributed by atoms with van der Waals surface area (Å²) < 4.78 is 1.25. The summed E-state index contributed by atoms with van der Waals surface area (Å²) in [6, 6.07) is 7.34. The highest BCUT2D eigenvalue weighted by Gasteiger charge is 2.11. The maximum atomic E-state index is 3.75. The van der Waals surface area contributed by atoms with Gasteiger partial charge in [-0.3, -0.25) is 4.90 Å². The summed E-state index contributed by atoms with van der Waals surface area (Å²) in [5, 5.41) is 3.47. The fourth-order valence-corrected chi connectivity index (χ4v) is 3.24. The van der Waals surface area contributed by atoms with Gasteiger partial charge >= 0.3 is 0 Å². The van der Waals surface area contributed by atoms with Crippen molar-refractivity contribution in [3.8, 4) is 0 Å². The van der Waals surface area contributed by atoms with Gasteiger partial charge in [0.2, 0.25) is 0 Å². The lowest BCUT2D eigenvalue weighted by molar-refractivity contribution is 0.276. The third kappa shape index (κ3) is 5.19. The van der Waals surface area contributed by atoms with Crippen LogP contribution in [0, 0.1) is 0 Å². The highest BCUT2D eigenvalue weighted by Crippen LogP contribution is 2.22. The molecule has 1 fully saturated rings. The molecule has 1 N–H and O–H groups in total. The largest absolute Gasteiger partial charge is 0.310 e. The van der Waals surface area contributed by atoms with Crippen LogP contribution in [-0.2, 0) is 13.1 Å². The molecule has 2 nitrogen and oxygen atoms in total. The van der Waals surface area contributed by atoms with Crippen LogP contribution in [-0.4, -0.2) is 24.0 Å². The summed E-state index contributed by atoms with van der Waals surface area (Å²) >= 11 is 3.75. The van der Waals surface area contributed by atoms with E-state index < -0.39 is 0 Å². The fourth-order valence-electron chi connectivity index (χ4n) is 2.69. The van der Waals surface area contributed by atoms with E-state index in [1.807, 2.05) is 0 Å². The molecule has 1 aromatic carbocycles. The molecule has 0 spiro atoms. The summed E-state index contributed by atoms with van der Waals surface area (Å²) in [7, 11) is 0. The van der Waals surface area contributed by atoms with Crippen molar-refractivity contribution in [3.63, 3.8) is 0 Å². The lowest BCUT2D eigenvalue weighted by Crippen LogP contribution is -2.24. The molecule has 1 aromatic rings. The van der Waals surface area contributed by atoms with E-state index in [-0.39, 0.29) is 0 Å². The van der Waals surface area contributed by atoms with Crippen molar-refractivity contribution in [2.24, 2.45) is 0 Å². The molecule has 112 valence electrons. The molecule has 20 heavy (non-hydrogen) atoms. The van der Waals surface area contributed by atoms with E-state index >= 15 is 0 Å². The number of benzene rings is 1. The zero-order valence-electron chi connectivity index (χ0n) is 12.8. The first-order valence-corrected chi connectivity index (χ1v) is 8.67. The second kappa shape index (κ2) is 8.16. The van der Waals surface area contributed by atoms with Crippen LogP contribution in [0.2, 0.25) is 0 Å². The molecule has 0 unspecified atom stereocenters. The van der Waals surface area contributed by atoms with Crippen molar-refractivity contribution >= 4 is 15.9 Å². The van der Waals surface area contributed by atoms with Gasteiger partial charge in [0.1, 0.15) is 0 Å². The molecule has 0 radical (unpaired) electrons. The number of rotatable bonds is 5.